The molecule has 2 rings (SSSR count). The summed E-state index contributed by atoms with van der Waals surface area (Å²) < 4.78 is 0. The van der Waals surface area contributed by atoms with Crippen LogP contribution in [0.5, 0.6) is 0 Å². The number of aliphatic hydroxyl groups is 1. The number of thiophene rings is 1. The van der Waals surface area contributed by atoms with Crippen LogP contribution in [0.15, 0.2) is 6.07 Å². The number of hydrogen-bond donors (Lipinski definition) is 2. The molecule has 2 N–H and O–H groups in total. The molecular formula is C10H12O3S. The summed E-state index contributed by atoms with van der Waals surface area (Å²) in [5.41, 5.74) is 1.30. The first-order chi connectivity index (χ1) is 6.66. The normalized spacial score (nSPS) is 16.6. The molecule has 1 atom stereocenters. The third kappa shape index (κ3) is 1.81. The molecule has 1 aliphatic rings. The maximum absolute atomic E-state index is 10.4. The minimum Gasteiger partial charge on any atom is -0.481 e. The molecule has 1 heterocycles. The Kier molecular flexibility index (Phi) is 2.56. The van der Waals surface area contributed by atoms with Crippen molar-refractivity contribution >= 4 is 17.3 Å². The Hall–Kier alpha value is -0.870. The topological polar surface area (TPSA) is 57.5 Å². The first kappa shape index (κ1) is 9.68. The van der Waals surface area contributed by atoms with Crippen molar-refractivity contribution in [3.8, 4) is 0 Å². The molecule has 1 aliphatic carbocycles. The van der Waals surface area contributed by atoms with Gasteiger partial charge in [0.25, 0.3) is 0 Å². The van der Waals surface area contributed by atoms with E-state index in [2.05, 4.69) is 0 Å². The summed E-state index contributed by atoms with van der Waals surface area (Å²) in [6.07, 6.45) is 2.32. The van der Waals surface area contributed by atoms with E-state index in [1.54, 1.807) is 11.3 Å². The third-order valence-electron chi connectivity index (χ3n) is 2.46. The first-order valence-corrected chi connectivity index (χ1v) is 5.50. The standard InChI is InChI=1S/C10H12O3S/c11-7(5-10(12)13)9-4-6-2-1-3-8(6)14-9/h4,7,11H,1-3,5H2,(H,12,13)/t7-/m1/s1. The smallest absolute Gasteiger partial charge is 0.306 e. The quantitative estimate of drug-likeness (QED) is 0.802. The molecule has 4 heteroatoms. The predicted molar refractivity (Wildman–Crippen MR) is 53.6 cm³/mol. The Balaban J connectivity index is 2.13. The summed E-state index contributed by atoms with van der Waals surface area (Å²) in [7, 11) is 0. The molecule has 14 heavy (non-hydrogen) atoms. The minimum atomic E-state index is -0.953. The van der Waals surface area contributed by atoms with Gasteiger partial charge in [-0.1, -0.05) is 0 Å². The number of aliphatic carboxylic acids is 1. The van der Waals surface area contributed by atoms with Gasteiger partial charge in [-0.2, -0.15) is 0 Å². The molecule has 0 spiro atoms. The number of carboxylic acids is 1. The molecule has 0 aliphatic heterocycles. The van der Waals surface area contributed by atoms with Gasteiger partial charge < -0.3 is 10.2 Å². The average molecular weight is 212 g/mol. The van der Waals surface area contributed by atoms with Gasteiger partial charge >= 0.3 is 5.97 Å². The van der Waals surface area contributed by atoms with Gasteiger partial charge in [0.1, 0.15) is 0 Å². The molecule has 1 aromatic heterocycles. The van der Waals surface area contributed by atoms with Crippen molar-refractivity contribution in [1.82, 2.24) is 0 Å². The Morgan fingerprint density at radius 2 is 2.36 bits per heavy atom. The molecule has 76 valence electrons. The lowest BCUT2D eigenvalue weighted by Crippen LogP contribution is -2.03. The monoisotopic (exact) mass is 212 g/mol. The largest absolute Gasteiger partial charge is 0.481 e. The van der Waals surface area contributed by atoms with Crippen molar-refractivity contribution in [2.24, 2.45) is 0 Å². The number of carbonyl (C=O) groups is 1. The van der Waals surface area contributed by atoms with Crippen molar-refractivity contribution in [1.29, 1.82) is 0 Å². The molecule has 0 saturated carbocycles. The lowest BCUT2D eigenvalue weighted by Gasteiger charge is -2.03. The molecule has 0 unspecified atom stereocenters. The minimum absolute atomic E-state index is 0.195. The summed E-state index contributed by atoms with van der Waals surface area (Å²) in [5.74, 6) is -0.953. The van der Waals surface area contributed by atoms with E-state index in [1.165, 1.54) is 16.9 Å². The van der Waals surface area contributed by atoms with Gasteiger partial charge in [-0.05, 0) is 30.9 Å². The maximum atomic E-state index is 10.4. The van der Waals surface area contributed by atoms with Gasteiger partial charge in [0.15, 0.2) is 0 Å². The van der Waals surface area contributed by atoms with E-state index >= 15 is 0 Å². The highest BCUT2D eigenvalue weighted by Gasteiger charge is 2.20. The Morgan fingerprint density at radius 1 is 1.57 bits per heavy atom. The fraction of sp³-hybridized carbons (Fsp3) is 0.500. The van der Waals surface area contributed by atoms with Gasteiger partial charge in [0.05, 0.1) is 12.5 Å². The Morgan fingerprint density at radius 3 is 3.00 bits per heavy atom. The maximum Gasteiger partial charge on any atom is 0.306 e. The molecule has 0 fully saturated rings. The first-order valence-electron chi connectivity index (χ1n) is 4.68. The van der Waals surface area contributed by atoms with E-state index in [4.69, 9.17) is 5.11 Å². The second kappa shape index (κ2) is 3.71. The Bertz CT molecular complexity index is 335. The molecule has 0 bridgehead atoms. The van der Waals surface area contributed by atoms with E-state index < -0.39 is 12.1 Å². The van der Waals surface area contributed by atoms with Crippen molar-refractivity contribution in [2.45, 2.75) is 31.8 Å². The average Bonchev–Trinajstić information content (AvgIpc) is 2.58. The lowest BCUT2D eigenvalue weighted by atomic mass is 10.2. The van der Waals surface area contributed by atoms with Crippen LogP contribution in [0.3, 0.4) is 0 Å². The van der Waals surface area contributed by atoms with Crippen LogP contribution >= 0.6 is 11.3 Å². The summed E-state index contributed by atoms with van der Waals surface area (Å²) >= 11 is 1.56. The van der Waals surface area contributed by atoms with Crippen molar-refractivity contribution in [3.63, 3.8) is 0 Å². The number of rotatable bonds is 3. The van der Waals surface area contributed by atoms with E-state index in [1.807, 2.05) is 6.07 Å². The zero-order valence-corrected chi connectivity index (χ0v) is 8.51. The van der Waals surface area contributed by atoms with E-state index in [9.17, 15) is 9.90 Å². The number of hydrogen-bond acceptors (Lipinski definition) is 3. The van der Waals surface area contributed by atoms with E-state index in [0.717, 1.165) is 17.7 Å². The molecule has 3 nitrogen and oxygen atoms in total. The van der Waals surface area contributed by atoms with Gasteiger partial charge in [-0.15, -0.1) is 11.3 Å². The molecule has 0 aromatic carbocycles. The van der Waals surface area contributed by atoms with Crippen LogP contribution in [0.1, 0.15) is 34.3 Å². The summed E-state index contributed by atoms with van der Waals surface area (Å²) in [6.45, 7) is 0. The van der Waals surface area contributed by atoms with Gasteiger partial charge in [-0.25, -0.2) is 0 Å². The van der Waals surface area contributed by atoms with Crippen LogP contribution in [0.4, 0.5) is 0 Å². The van der Waals surface area contributed by atoms with Crippen LogP contribution in [0.2, 0.25) is 0 Å². The van der Waals surface area contributed by atoms with Crippen LogP contribution in [-0.2, 0) is 17.6 Å². The SMILES string of the molecule is O=C(O)C[C@@H](O)c1cc2c(s1)CCC2. The summed E-state index contributed by atoms with van der Waals surface area (Å²) in [5, 5.41) is 18.1. The number of aryl methyl sites for hydroxylation is 2. The van der Waals surface area contributed by atoms with Crippen LogP contribution < -0.4 is 0 Å². The summed E-state index contributed by atoms with van der Waals surface area (Å²) in [4.78, 5) is 12.5. The zero-order chi connectivity index (χ0) is 10.1. The van der Waals surface area contributed by atoms with Gasteiger partial charge in [0.2, 0.25) is 0 Å². The molecule has 0 radical (unpaired) electrons. The van der Waals surface area contributed by atoms with E-state index in [-0.39, 0.29) is 6.42 Å². The van der Waals surface area contributed by atoms with Crippen molar-refractivity contribution < 1.29 is 15.0 Å². The van der Waals surface area contributed by atoms with Crippen LogP contribution in [-0.4, -0.2) is 16.2 Å². The number of aliphatic hydroxyl groups excluding tert-OH is 1. The Labute approximate surface area is 86.0 Å². The van der Waals surface area contributed by atoms with Gasteiger partial charge in [0, 0.05) is 9.75 Å². The van der Waals surface area contributed by atoms with Crippen molar-refractivity contribution in [3.05, 3.63) is 21.4 Å². The van der Waals surface area contributed by atoms with Crippen LogP contribution in [0.25, 0.3) is 0 Å². The summed E-state index contributed by atoms with van der Waals surface area (Å²) in [6, 6.07) is 1.96. The molecule has 1 aromatic rings. The molecular weight excluding hydrogens is 200 g/mol. The highest BCUT2D eigenvalue weighted by Crippen LogP contribution is 2.34. The number of carboxylic acid groups (broad SMARTS) is 1. The fourth-order valence-corrected chi connectivity index (χ4v) is 3.03. The highest BCUT2D eigenvalue weighted by atomic mass is 32.1. The van der Waals surface area contributed by atoms with Crippen molar-refractivity contribution in [2.75, 3.05) is 0 Å². The number of fused-ring (bicyclic) bond motifs is 1. The fourth-order valence-electron chi connectivity index (χ4n) is 1.78. The zero-order valence-electron chi connectivity index (χ0n) is 7.69. The third-order valence-corrected chi connectivity index (χ3v) is 3.80. The molecule has 0 saturated heterocycles. The van der Waals surface area contributed by atoms with E-state index in [0.29, 0.717) is 0 Å². The van der Waals surface area contributed by atoms with Crippen LogP contribution in [0, 0.1) is 0 Å². The predicted octanol–water partition coefficient (Wildman–Crippen LogP) is 1.74. The highest BCUT2D eigenvalue weighted by molar-refractivity contribution is 7.12. The second-order valence-corrected chi connectivity index (χ2v) is 4.73. The second-order valence-electron chi connectivity index (χ2n) is 3.56. The van der Waals surface area contributed by atoms with Gasteiger partial charge in [-0.3, -0.25) is 4.79 Å². The molecule has 0 amide bonds. The lowest BCUT2D eigenvalue weighted by molar-refractivity contribution is -0.139.